The van der Waals surface area contributed by atoms with Crippen LogP contribution in [-0.2, 0) is 6.42 Å². The van der Waals surface area contributed by atoms with Gasteiger partial charge in [0.15, 0.2) is 0 Å². The van der Waals surface area contributed by atoms with Gasteiger partial charge in [0.05, 0.1) is 0 Å². The van der Waals surface area contributed by atoms with Crippen LogP contribution in [0.5, 0.6) is 0 Å². The molecule has 0 fully saturated rings. The summed E-state index contributed by atoms with van der Waals surface area (Å²) in [5.41, 5.74) is 9.07. The Morgan fingerprint density at radius 3 is 2.75 bits per heavy atom. The molecular weight excluding hydrogens is 148 g/mol. The van der Waals surface area contributed by atoms with Crippen LogP contribution in [0.25, 0.3) is 0 Å². The summed E-state index contributed by atoms with van der Waals surface area (Å²) < 4.78 is 0. The maximum Gasteiger partial charge on any atom is 0.0348 e. The van der Waals surface area contributed by atoms with Crippen LogP contribution in [0.2, 0.25) is 0 Å². The molecule has 0 amide bonds. The predicted molar refractivity (Wildman–Crippen MR) is 54.4 cm³/mol. The van der Waals surface area contributed by atoms with Gasteiger partial charge in [-0.3, -0.25) is 0 Å². The Morgan fingerprint density at radius 2 is 2.17 bits per heavy atom. The Labute approximate surface area is 73.8 Å². The fraction of sp³-hybridized carbons (Fsp3) is 0.400. The van der Waals surface area contributed by atoms with Crippen LogP contribution in [0.3, 0.4) is 0 Å². The molecule has 1 aromatic carbocycles. The van der Waals surface area contributed by atoms with Gasteiger partial charge in [0, 0.05) is 18.4 Å². The predicted octanol–water partition coefficient (Wildman–Crippen LogP) is 2.26. The van der Waals surface area contributed by atoms with Gasteiger partial charge in [-0.2, -0.15) is 0 Å². The minimum absolute atomic E-state index is 0.899. The van der Waals surface area contributed by atoms with Crippen molar-refractivity contribution in [1.82, 2.24) is 0 Å². The van der Waals surface area contributed by atoms with Crippen molar-refractivity contribution in [3.8, 4) is 0 Å². The molecule has 0 unspecified atom stereocenters. The zero-order valence-electron chi connectivity index (χ0n) is 7.72. The minimum atomic E-state index is 0.899. The van der Waals surface area contributed by atoms with Crippen molar-refractivity contribution in [2.24, 2.45) is 0 Å². The van der Waals surface area contributed by atoms with Gasteiger partial charge in [-0.1, -0.05) is 13.3 Å². The third-order valence-electron chi connectivity index (χ3n) is 1.95. The van der Waals surface area contributed by atoms with E-state index in [2.05, 4.69) is 18.3 Å². The summed E-state index contributed by atoms with van der Waals surface area (Å²) >= 11 is 0. The highest BCUT2D eigenvalue weighted by Crippen LogP contribution is 2.18. The number of rotatable bonds is 3. The zero-order chi connectivity index (χ0) is 8.97. The van der Waals surface area contributed by atoms with Crippen LogP contribution in [0.15, 0.2) is 18.2 Å². The zero-order valence-corrected chi connectivity index (χ0v) is 7.72. The monoisotopic (exact) mass is 164 g/mol. The Kier molecular flexibility index (Phi) is 2.97. The van der Waals surface area contributed by atoms with Crippen LogP contribution in [-0.4, -0.2) is 7.05 Å². The largest absolute Gasteiger partial charge is 0.399 e. The summed E-state index contributed by atoms with van der Waals surface area (Å²) in [6.45, 7) is 2.16. The number of hydrogen-bond acceptors (Lipinski definition) is 2. The maximum absolute atomic E-state index is 5.80. The number of nitrogen functional groups attached to an aromatic ring is 1. The molecule has 0 aliphatic heterocycles. The molecule has 66 valence electrons. The fourth-order valence-corrected chi connectivity index (χ4v) is 1.25. The summed E-state index contributed by atoms with van der Waals surface area (Å²) in [6.07, 6.45) is 2.19. The Hall–Kier alpha value is -1.18. The van der Waals surface area contributed by atoms with E-state index in [0.29, 0.717) is 0 Å². The minimum Gasteiger partial charge on any atom is -0.399 e. The van der Waals surface area contributed by atoms with E-state index in [-0.39, 0.29) is 0 Å². The first-order chi connectivity index (χ1) is 5.77. The van der Waals surface area contributed by atoms with E-state index in [9.17, 15) is 0 Å². The summed E-state index contributed by atoms with van der Waals surface area (Å²) in [6, 6.07) is 6.06. The van der Waals surface area contributed by atoms with Crippen LogP contribution in [0.4, 0.5) is 11.4 Å². The number of nitrogens with one attached hydrogen (secondary N) is 1. The number of hydrogen-bond donors (Lipinski definition) is 2. The van der Waals surface area contributed by atoms with Gasteiger partial charge in [0.2, 0.25) is 0 Å². The smallest absolute Gasteiger partial charge is 0.0348 e. The van der Waals surface area contributed by atoms with E-state index in [1.54, 1.807) is 0 Å². The first-order valence-corrected chi connectivity index (χ1v) is 4.34. The lowest BCUT2D eigenvalue weighted by molar-refractivity contribution is 0.924. The van der Waals surface area contributed by atoms with Gasteiger partial charge in [0.1, 0.15) is 0 Å². The number of aryl methyl sites for hydroxylation is 1. The third-order valence-corrected chi connectivity index (χ3v) is 1.95. The van der Waals surface area contributed by atoms with E-state index in [1.165, 1.54) is 5.56 Å². The second kappa shape index (κ2) is 4.00. The molecule has 0 saturated heterocycles. The van der Waals surface area contributed by atoms with Crippen LogP contribution < -0.4 is 11.1 Å². The molecular formula is C10H16N2. The van der Waals surface area contributed by atoms with Crippen LogP contribution in [0, 0.1) is 0 Å². The summed E-state index contributed by atoms with van der Waals surface area (Å²) in [7, 11) is 1.92. The van der Waals surface area contributed by atoms with Crippen molar-refractivity contribution in [3.05, 3.63) is 23.8 Å². The van der Waals surface area contributed by atoms with Gasteiger partial charge >= 0.3 is 0 Å². The van der Waals surface area contributed by atoms with Gasteiger partial charge in [-0.15, -0.1) is 0 Å². The molecule has 0 atom stereocenters. The second-order valence-electron chi connectivity index (χ2n) is 2.91. The third kappa shape index (κ3) is 1.91. The molecule has 0 aromatic heterocycles. The van der Waals surface area contributed by atoms with Gasteiger partial charge in [-0.25, -0.2) is 0 Å². The molecule has 0 aliphatic carbocycles. The Bertz CT molecular complexity index is 256. The van der Waals surface area contributed by atoms with Crippen molar-refractivity contribution in [2.45, 2.75) is 19.8 Å². The first-order valence-electron chi connectivity index (χ1n) is 4.34. The topological polar surface area (TPSA) is 38.0 Å². The molecule has 3 N–H and O–H groups in total. The quantitative estimate of drug-likeness (QED) is 0.672. The SMILES string of the molecule is CCCc1cc(NC)ccc1N. The molecule has 2 heteroatoms. The highest BCUT2D eigenvalue weighted by atomic mass is 14.8. The standard InChI is InChI=1S/C10H16N2/c1-3-4-8-7-9(12-2)5-6-10(8)11/h5-7,12H,3-4,11H2,1-2H3. The van der Waals surface area contributed by atoms with E-state index >= 15 is 0 Å². The Balaban J connectivity index is 2.91. The molecule has 0 bridgehead atoms. The average molecular weight is 164 g/mol. The van der Waals surface area contributed by atoms with E-state index in [0.717, 1.165) is 24.2 Å². The lowest BCUT2D eigenvalue weighted by atomic mass is 10.1. The van der Waals surface area contributed by atoms with Crippen LogP contribution in [0.1, 0.15) is 18.9 Å². The molecule has 0 aliphatic rings. The molecule has 12 heavy (non-hydrogen) atoms. The number of nitrogens with two attached hydrogens (primary N) is 1. The summed E-state index contributed by atoms with van der Waals surface area (Å²) in [5, 5.41) is 3.10. The van der Waals surface area contributed by atoms with Gasteiger partial charge < -0.3 is 11.1 Å². The molecule has 0 saturated carbocycles. The summed E-state index contributed by atoms with van der Waals surface area (Å²) in [4.78, 5) is 0. The molecule has 1 rings (SSSR count). The first kappa shape index (κ1) is 8.91. The normalized spacial score (nSPS) is 9.83. The number of benzene rings is 1. The van der Waals surface area contributed by atoms with E-state index < -0.39 is 0 Å². The molecule has 2 nitrogen and oxygen atoms in total. The lowest BCUT2D eigenvalue weighted by Crippen LogP contribution is -1.96. The van der Waals surface area contributed by atoms with Crippen molar-refractivity contribution in [2.75, 3.05) is 18.1 Å². The molecule has 0 radical (unpaired) electrons. The molecule has 1 aromatic rings. The number of anilines is 2. The van der Waals surface area contributed by atoms with Crippen molar-refractivity contribution >= 4 is 11.4 Å². The summed E-state index contributed by atoms with van der Waals surface area (Å²) in [5.74, 6) is 0. The van der Waals surface area contributed by atoms with E-state index in [4.69, 9.17) is 5.73 Å². The van der Waals surface area contributed by atoms with Crippen molar-refractivity contribution < 1.29 is 0 Å². The average Bonchev–Trinajstić information content (AvgIpc) is 2.09. The fourth-order valence-electron chi connectivity index (χ4n) is 1.25. The van der Waals surface area contributed by atoms with Gasteiger partial charge in [-0.05, 0) is 30.2 Å². The van der Waals surface area contributed by atoms with Crippen molar-refractivity contribution in [1.29, 1.82) is 0 Å². The maximum atomic E-state index is 5.80. The molecule has 0 heterocycles. The Morgan fingerprint density at radius 1 is 1.42 bits per heavy atom. The van der Waals surface area contributed by atoms with Crippen molar-refractivity contribution in [3.63, 3.8) is 0 Å². The molecule has 0 spiro atoms. The van der Waals surface area contributed by atoms with E-state index in [1.807, 2.05) is 19.2 Å². The highest BCUT2D eigenvalue weighted by molar-refractivity contribution is 5.57. The lowest BCUT2D eigenvalue weighted by Gasteiger charge is -2.06. The highest BCUT2D eigenvalue weighted by Gasteiger charge is 1.98. The van der Waals surface area contributed by atoms with Gasteiger partial charge in [0.25, 0.3) is 0 Å². The van der Waals surface area contributed by atoms with Crippen LogP contribution >= 0.6 is 0 Å². The second-order valence-corrected chi connectivity index (χ2v) is 2.91.